The predicted molar refractivity (Wildman–Crippen MR) is 253 cm³/mol. The average molecular weight is 964 g/mol. The van der Waals surface area contributed by atoms with Crippen LogP contribution in [0, 0.1) is 23.5 Å². The maximum Gasteiger partial charge on any atom is -1.00 e. The second-order valence-electron chi connectivity index (χ2n) is 21.5. The van der Waals surface area contributed by atoms with Gasteiger partial charge >= 0.3 is 120 Å². The van der Waals surface area contributed by atoms with E-state index in [2.05, 4.69) is 153 Å². The van der Waals surface area contributed by atoms with E-state index < -0.39 is 0 Å². The summed E-state index contributed by atoms with van der Waals surface area (Å²) in [6, 6.07) is 27.2. The van der Waals surface area contributed by atoms with Crippen molar-refractivity contribution in [2.24, 2.45) is 11.3 Å². The zero-order valence-corrected chi connectivity index (χ0v) is 44.9. The van der Waals surface area contributed by atoms with Crippen LogP contribution in [0.2, 0.25) is 10.0 Å². The van der Waals surface area contributed by atoms with E-state index in [9.17, 15) is 0 Å². The van der Waals surface area contributed by atoms with Gasteiger partial charge in [-0.1, -0.05) is 164 Å². The number of fused-ring (bicyclic) bond motifs is 3. The maximum atomic E-state index is 5.86. The Kier molecular flexibility index (Phi) is 19.3. The van der Waals surface area contributed by atoms with Crippen molar-refractivity contribution in [2.45, 2.75) is 158 Å². The van der Waals surface area contributed by atoms with Crippen molar-refractivity contribution in [1.29, 1.82) is 0 Å². The fourth-order valence-corrected chi connectivity index (χ4v) is 8.66. The van der Waals surface area contributed by atoms with E-state index in [0.29, 0.717) is 11.3 Å². The summed E-state index contributed by atoms with van der Waals surface area (Å²) >= 11 is 13.1. The van der Waals surface area contributed by atoms with Crippen molar-refractivity contribution in [3.63, 3.8) is 0 Å². The fourth-order valence-electron chi connectivity index (χ4n) is 7.59. The molecule has 4 aromatic rings. The van der Waals surface area contributed by atoms with Gasteiger partial charge in [0.15, 0.2) is 0 Å². The van der Waals surface area contributed by atoms with E-state index in [1.165, 1.54) is 108 Å². The minimum Gasteiger partial charge on any atom is -1.00 e. The molecule has 0 radical (unpaired) electrons. The molecule has 0 saturated carbocycles. The van der Waals surface area contributed by atoms with E-state index >= 15 is 0 Å². The van der Waals surface area contributed by atoms with E-state index in [1.807, 2.05) is 48.5 Å². The summed E-state index contributed by atoms with van der Waals surface area (Å²) < 4.78 is 1.31. The van der Waals surface area contributed by atoms with Gasteiger partial charge in [-0.2, -0.15) is 29.3 Å². The molecule has 0 nitrogen and oxygen atoms in total. The molecule has 0 fully saturated rings. The second-order valence-corrected chi connectivity index (χ2v) is 23.6. The van der Waals surface area contributed by atoms with Crippen LogP contribution in [-0.4, -0.2) is 3.21 Å². The van der Waals surface area contributed by atoms with Crippen LogP contribution in [0.15, 0.2) is 84.5 Å². The minimum absolute atomic E-state index is 0. The second kappa shape index (κ2) is 21.3. The van der Waals surface area contributed by atoms with Crippen LogP contribution < -0.4 is 24.8 Å². The van der Waals surface area contributed by atoms with E-state index in [0.717, 1.165) is 16.5 Å². The molecule has 0 spiro atoms. The number of benzene rings is 4. The summed E-state index contributed by atoms with van der Waals surface area (Å²) in [7, 11) is 0. The molecule has 60 heavy (non-hydrogen) atoms. The first-order chi connectivity index (χ1) is 26.6. The van der Waals surface area contributed by atoms with Gasteiger partial charge in [0.1, 0.15) is 0 Å². The van der Waals surface area contributed by atoms with E-state index in [4.69, 9.17) is 23.2 Å². The first-order valence-electron chi connectivity index (χ1n) is 21.3. The molecule has 0 bridgehead atoms. The van der Waals surface area contributed by atoms with Crippen LogP contribution in [0.3, 0.4) is 0 Å². The standard InChI is InChI=1S/C29H41.C13H8Cl2.C13H21.2ClH.Zr/c1-26(2,3)22-14-18-13-19-15-23(27(4,5)6)25(29(10,11)12)17-21(19)20(18)16-24(22)28(7,8)9;14-12-5-1-10(2-6-12)9-11-3-7-13(15)8-4-11;1-5-6-7-11-8-9-12(10-11)13(2,3)4;;;/h14,16-17H,13H2,1-12H3;1-8H;9-11H,5-7H2,1-4H3;2*1H;/q-1;;-1;;;+2/p-2. The first kappa shape index (κ1) is 54.4. The summed E-state index contributed by atoms with van der Waals surface area (Å²) in [6.45, 7) is 37.0. The summed E-state index contributed by atoms with van der Waals surface area (Å²) in [5, 5.41) is 1.53. The molecule has 0 heterocycles. The zero-order valence-electron chi connectivity index (χ0n) is 39.4. The quantitative estimate of drug-likeness (QED) is 0.154. The van der Waals surface area contributed by atoms with Gasteiger partial charge in [-0.05, 0) is 39.4 Å². The van der Waals surface area contributed by atoms with Crippen LogP contribution in [0.5, 0.6) is 0 Å². The number of rotatable bonds is 5. The third kappa shape index (κ3) is 14.4. The predicted octanol–water partition coefficient (Wildman–Crippen LogP) is 10.5. The van der Waals surface area contributed by atoms with Crippen LogP contribution in [0.25, 0.3) is 11.1 Å². The Bertz CT molecular complexity index is 1990. The Morgan fingerprint density at radius 1 is 0.617 bits per heavy atom. The van der Waals surface area contributed by atoms with Crippen molar-refractivity contribution in [2.75, 3.05) is 0 Å². The Morgan fingerprint density at radius 2 is 1.07 bits per heavy atom. The maximum absolute atomic E-state index is 5.86. The average Bonchev–Trinajstić information content (AvgIpc) is 3.74. The molecular formula is C55H70Cl4Zr-2. The van der Waals surface area contributed by atoms with Gasteiger partial charge < -0.3 is 24.8 Å². The van der Waals surface area contributed by atoms with Gasteiger partial charge in [-0.25, -0.2) is 6.08 Å². The largest absolute Gasteiger partial charge is 1.00 e. The third-order valence-corrected chi connectivity index (χ3v) is 13.0. The van der Waals surface area contributed by atoms with Gasteiger partial charge in [0.25, 0.3) is 0 Å². The Balaban J connectivity index is 0.000000338. The number of allylic oxidation sites excluding steroid dienone is 4. The van der Waals surface area contributed by atoms with Crippen molar-refractivity contribution >= 4 is 26.4 Å². The van der Waals surface area contributed by atoms with Crippen LogP contribution in [0.4, 0.5) is 0 Å². The van der Waals surface area contributed by atoms with Crippen molar-refractivity contribution in [1.82, 2.24) is 0 Å². The number of hydrogen-bond donors (Lipinski definition) is 0. The van der Waals surface area contributed by atoms with Gasteiger partial charge in [-0.3, -0.25) is 6.08 Å². The normalized spacial score (nSPS) is 14.7. The summed E-state index contributed by atoms with van der Waals surface area (Å²) in [5.74, 6) is 0.592. The monoisotopic (exact) mass is 960 g/mol. The zero-order chi connectivity index (χ0) is 43.6. The smallest absolute Gasteiger partial charge is 1.00 e. The SMILES string of the molecule is CC(C)(C)c1[c-]c2c(cc1C(C)(C)C)-c1cc(C(C)(C)C)c(C(C)(C)C)cc1C2.CCCCC1[C-]=CC(C(C)(C)C)=C1.Clc1ccc([C](=[Zr+2])c2ccc(Cl)cc2)cc1.[Cl-].[Cl-]. The topological polar surface area (TPSA) is 0 Å². The Morgan fingerprint density at radius 3 is 1.47 bits per heavy atom. The van der Waals surface area contributed by atoms with Crippen LogP contribution in [0.1, 0.15) is 175 Å². The third-order valence-electron chi connectivity index (χ3n) is 11.1. The molecule has 4 aromatic carbocycles. The fraction of sp³-hybridized carbons (Fsp3) is 0.473. The Labute approximate surface area is 404 Å². The Hall–Kier alpha value is -1.73. The molecule has 1 atom stereocenters. The molecule has 2 aliphatic rings. The van der Waals surface area contributed by atoms with Gasteiger partial charge in [0.05, 0.1) is 0 Å². The summed E-state index contributed by atoms with van der Waals surface area (Å²) in [6.07, 6.45) is 12.9. The number of hydrogen-bond acceptors (Lipinski definition) is 0. The van der Waals surface area contributed by atoms with Crippen LogP contribution >= 0.6 is 23.2 Å². The minimum atomic E-state index is 0. The molecule has 0 amide bonds. The van der Waals surface area contributed by atoms with Gasteiger partial charge in [0, 0.05) is 0 Å². The van der Waals surface area contributed by atoms with E-state index in [1.54, 1.807) is 0 Å². The van der Waals surface area contributed by atoms with Crippen molar-refractivity contribution in [3.05, 3.63) is 151 Å². The molecule has 0 N–H and O–H groups in total. The molecule has 0 aromatic heterocycles. The molecule has 5 heteroatoms. The molecule has 2 aliphatic carbocycles. The van der Waals surface area contributed by atoms with Crippen LogP contribution in [-0.2, 0) is 52.3 Å². The molecule has 6 rings (SSSR count). The van der Waals surface area contributed by atoms with Crippen molar-refractivity contribution in [3.8, 4) is 11.1 Å². The molecule has 324 valence electrons. The van der Waals surface area contributed by atoms with Gasteiger partial charge in [-0.15, -0.1) is 16.7 Å². The summed E-state index contributed by atoms with van der Waals surface area (Å²) in [5.41, 5.74) is 16.1. The number of unbranched alkanes of at least 4 members (excludes halogenated alkanes) is 1. The summed E-state index contributed by atoms with van der Waals surface area (Å²) in [4.78, 5) is 0. The molecule has 0 aliphatic heterocycles. The van der Waals surface area contributed by atoms with E-state index in [-0.39, 0.29) is 46.5 Å². The van der Waals surface area contributed by atoms with Crippen molar-refractivity contribution < 1.29 is 49.0 Å². The molecule has 0 saturated heterocycles. The first-order valence-corrected chi connectivity index (χ1v) is 23.3. The molecule has 1 unspecified atom stereocenters. The molecular weight excluding hydrogens is 894 g/mol. The van der Waals surface area contributed by atoms with Gasteiger partial charge in [0.2, 0.25) is 0 Å². The number of halogens is 4.